The highest BCUT2D eigenvalue weighted by atomic mass is 16.2. The fourth-order valence-corrected chi connectivity index (χ4v) is 1.48. The molecule has 0 bridgehead atoms. The van der Waals surface area contributed by atoms with Crippen molar-refractivity contribution < 1.29 is 4.79 Å². The third-order valence-corrected chi connectivity index (χ3v) is 2.44. The topological polar surface area (TPSA) is 64.2 Å². The van der Waals surface area contributed by atoms with E-state index in [0.29, 0.717) is 13.0 Å². The van der Waals surface area contributed by atoms with Crippen LogP contribution in [-0.4, -0.2) is 34.5 Å². The van der Waals surface area contributed by atoms with Crippen molar-refractivity contribution in [3.63, 3.8) is 0 Å². The van der Waals surface area contributed by atoms with Crippen LogP contribution in [-0.2, 0) is 16.9 Å². The monoisotopic (exact) mass is 224 g/mol. The Labute approximate surface area is 96.3 Å². The third kappa shape index (κ3) is 3.06. The molecule has 1 heterocycles. The zero-order valence-electron chi connectivity index (χ0n) is 10.4. The Bertz CT molecular complexity index is 362. The molecule has 0 saturated carbocycles. The Morgan fingerprint density at radius 3 is 2.69 bits per heavy atom. The lowest BCUT2D eigenvalue weighted by Gasteiger charge is -2.21. The molecule has 0 aliphatic carbocycles. The number of imidazole rings is 1. The van der Waals surface area contributed by atoms with Crippen LogP contribution >= 0.6 is 0 Å². The van der Waals surface area contributed by atoms with Gasteiger partial charge in [-0.05, 0) is 13.8 Å². The normalized spacial score (nSPS) is 11.6. The van der Waals surface area contributed by atoms with Crippen molar-refractivity contribution in [2.75, 3.05) is 14.1 Å². The fraction of sp³-hybridized carbons (Fsp3) is 0.636. The van der Waals surface area contributed by atoms with Gasteiger partial charge in [-0.3, -0.25) is 4.79 Å². The van der Waals surface area contributed by atoms with Gasteiger partial charge in [0.2, 0.25) is 5.91 Å². The third-order valence-electron chi connectivity index (χ3n) is 2.44. The lowest BCUT2D eigenvalue weighted by Crippen LogP contribution is -2.32. The molecule has 90 valence electrons. The largest absolute Gasteiger partial charge is 0.349 e. The first kappa shape index (κ1) is 12.7. The highest BCUT2D eigenvalue weighted by molar-refractivity contribution is 5.75. The van der Waals surface area contributed by atoms with Gasteiger partial charge < -0.3 is 15.2 Å². The van der Waals surface area contributed by atoms with Crippen molar-refractivity contribution in [2.45, 2.75) is 32.4 Å². The average Bonchev–Trinajstić information content (AvgIpc) is 2.60. The minimum Gasteiger partial charge on any atom is -0.349 e. The Morgan fingerprint density at radius 2 is 2.19 bits per heavy atom. The van der Waals surface area contributed by atoms with E-state index in [9.17, 15) is 4.79 Å². The summed E-state index contributed by atoms with van der Waals surface area (Å²) in [5.41, 5.74) is 6.52. The van der Waals surface area contributed by atoms with Gasteiger partial charge >= 0.3 is 0 Å². The predicted octanol–water partition coefficient (Wildman–Crippen LogP) is 0.555. The second-order valence-electron chi connectivity index (χ2n) is 4.73. The van der Waals surface area contributed by atoms with Gasteiger partial charge in [0.15, 0.2) is 0 Å². The standard InChI is InChI=1S/C11H20N4O/c1-11(2,12)9-7-13-8-15(9)6-5-10(16)14(3)4/h7-8H,5-6,12H2,1-4H3. The molecule has 1 amide bonds. The Kier molecular flexibility index (Phi) is 3.70. The van der Waals surface area contributed by atoms with Gasteiger partial charge in [0.1, 0.15) is 0 Å². The molecule has 0 aliphatic rings. The Morgan fingerprint density at radius 1 is 1.56 bits per heavy atom. The van der Waals surface area contributed by atoms with Crippen molar-refractivity contribution in [3.05, 3.63) is 18.2 Å². The van der Waals surface area contributed by atoms with Gasteiger partial charge in [0.25, 0.3) is 0 Å². The summed E-state index contributed by atoms with van der Waals surface area (Å²) in [4.78, 5) is 17.1. The number of hydrogen-bond donors (Lipinski definition) is 1. The van der Waals surface area contributed by atoms with Crippen molar-refractivity contribution in [1.29, 1.82) is 0 Å². The van der Waals surface area contributed by atoms with Crippen molar-refractivity contribution in [3.8, 4) is 0 Å². The molecule has 0 atom stereocenters. The minimum atomic E-state index is -0.433. The van der Waals surface area contributed by atoms with Crippen LogP contribution in [0.25, 0.3) is 0 Å². The predicted molar refractivity (Wildman–Crippen MR) is 62.8 cm³/mol. The van der Waals surface area contributed by atoms with Crippen LogP contribution in [0.4, 0.5) is 0 Å². The molecule has 1 aromatic heterocycles. The molecule has 1 rings (SSSR count). The van der Waals surface area contributed by atoms with Crippen LogP contribution in [0.3, 0.4) is 0 Å². The van der Waals surface area contributed by atoms with Crippen LogP contribution in [0.15, 0.2) is 12.5 Å². The summed E-state index contributed by atoms with van der Waals surface area (Å²) in [5, 5.41) is 0. The molecule has 5 nitrogen and oxygen atoms in total. The van der Waals surface area contributed by atoms with Crippen molar-refractivity contribution >= 4 is 5.91 Å². The summed E-state index contributed by atoms with van der Waals surface area (Å²) in [6.07, 6.45) is 3.93. The number of nitrogens with zero attached hydrogens (tertiary/aromatic N) is 3. The molecule has 0 saturated heterocycles. The van der Waals surface area contributed by atoms with E-state index in [1.165, 1.54) is 0 Å². The van der Waals surface area contributed by atoms with Gasteiger partial charge in [0, 0.05) is 33.3 Å². The van der Waals surface area contributed by atoms with Crippen LogP contribution in [0, 0.1) is 0 Å². The first-order valence-electron chi connectivity index (χ1n) is 5.32. The van der Waals surface area contributed by atoms with E-state index in [4.69, 9.17) is 5.73 Å². The number of nitrogens with two attached hydrogens (primary N) is 1. The summed E-state index contributed by atoms with van der Waals surface area (Å²) < 4.78 is 1.93. The number of amides is 1. The molecule has 16 heavy (non-hydrogen) atoms. The number of rotatable bonds is 4. The van der Waals surface area contributed by atoms with Crippen molar-refractivity contribution in [1.82, 2.24) is 14.5 Å². The number of carbonyl (C=O) groups excluding carboxylic acids is 1. The maximum absolute atomic E-state index is 11.5. The Hall–Kier alpha value is -1.36. The molecule has 0 fully saturated rings. The number of aromatic nitrogens is 2. The van der Waals surface area contributed by atoms with Crippen LogP contribution in [0.5, 0.6) is 0 Å². The van der Waals surface area contributed by atoms with Crippen LogP contribution in [0.2, 0.25) is 0 Å². The SMILES string of the molecule is CN(C)C(=O)CCn1cncc1C(C)(C)N. The van der Waals surface area contributed by atoms with Gasteiger partial charge in [0.05, 0.1) is 17.6 Å². The molecule has 0 spiro atoms. The summed E-state index contributed by atoms with van der Waals surface area (Å²) in [5.74, 6) is 0.106. The van der Waals surface area contributed by atoms with E-state index in [1.807, 2.05) is 18.4 Å². The lowest BCUT2D eigenvalue weighted by atomic mass is 10.0. The first-order chi connectivity index (χ1) is 7.32. The van der Waals surface area contributed by atoms with Gasteiger partial charge in [-0.2, -0.15) is 0 Å². The number of aryl methyl sites for hydroxylation is 1. The maximum Gasteiger partial charge on any atom is 0.223 e. The molecule has 0 aromatic carbocycles. The quantitative estimate of drug-likeness (QED) is 0.812. The molecule has 0 radical (unpaired) electrons. The number of hydrogen-bond acceptors (Lipinski definition) is 3. The summed E-state index contributed by atoms with van der Waals surface area (Å²) in [7, 11) is 3.51. The average molecular weight is 224 g/mol. The molecular weight excluding hydrogens is 204 g/mol. The molecule has 2 N–H and O–H groups in total. The van der Waals surface area contributed by atoms with E-state index in [0.717, 1.165) is 5.69 Å². The van der Waals surface area contributed by atoms with E-state index >= 15 is 0 Å². The molecular formula is C11H20N4O. The number of carbonyl (C=O) groups is 1. The van der Waals surface area contributed by atoms with Crippen LogP contribution < -0.4 is 5.73 Å². The maximum atomic E-state index is 11.5. The molecule has 0 aliphatic heterocycles. The van der Waals surface area contributed by atoms with Gasteiger partial charge in [-0.25, -0.2) is 4.98 Å². The van der Waals surface area contributed by atoms with Crippen LogP contribution in [0.1, 0.15) is 26.0 Å². The zero-order valence-corrected chi connectivity index (χ0v) is 10.4. The van der Waals surface area contributed by atoms with Crippen molar-refractivity contribution in [2.24, 2.45) is 5.73 Å². The molecule has 0 unspecified atom stereocenters. The second-order valence-corrected chi connectivity index (χ2v) is 4.73. The van der Waals surface area contributed by atoms with E-state index in [1.54, 1.807) is 31.5 Å². The second kappa shape index (κ2) is 4.65. The molecule has 5 heteroatoms. The Balaban J connectivity index is 2.69. The highest BCUT2D eigenvalue weighted by Crippen LogP contribution is 2.16. The summed E-state index contributed by atoms with van der Waals surface area (Å²) in [6.45, 7) is 4.47. The highest BCUT2D eigenvalue weighted by Gasteiger charge is 2.19. The first-order valence-corrected chi connectivity index (χ1v) is 5.32. The summed E-state index contributed by atoms with van der Waals surface area (Å²) in [6, 6.07) is 0. The minimum absolute atomic E-state index is 0.106. The van der Waals surface area contributed by atoms with E-state index in [-0.39, 0.29) is 5.91 Å². The van der Waals surface area contributed by atoms with E-state index < -0.39 is 5.54 Å². The zero-order chi connectivity index (χ0) is 12.3. The molecule has 1 aromatic rings. The summed E-state index contributed by atoms with van der Waals surface area (Å²) >= 11 is 0. The van der Waals surface area contributed by atoms with Gasteiger partial charge in [-0.15, -0.1) is 0 Å². The van der Waals surface area contributed by atoms with Gasteiger partial charge in [-0.1, -0.05) is 0 Å². The lowest BCUT2D eigenvalue weighted by molar-refractivity contribution is -0.128. The fourth-order valence-electron chi connectivity index (χ4n) is 1.48. The smallest absolute Gasteiger partial charge is 0.223 e. The van der Waals surface area contributed by atoms with E-state index in [2.05, 4.69) is 4.98 Å².